The van der Waals surface area contributed by atoms with Gasteiger partial charge in [-0.2, -0.15) is 4.31 Å². The van der Waals surface area contributed by atoms with Crippen LogP contribution in [0.3, 0.4) is 0 Å². The van der Waals surface area contributed by atoms with Crippen LogP contribution in [-0.2, 0) is 14.8 Å². The largest absolute Gasteiger partial charge is 0.367 e. The Hall–Kier alpha value is -3.25. The molecule has 0 radical (unpaired) electrons. The Balaban J connectivity index is 1.36. The van der Waals surface area contributed by atoms with E-state index in [1.54, 1.807) is 0 Å². The first kappa shape index (κ1) is 25.8. The number of hydrogen-bond acceptors (Lipinski definition) is 6. The van der Waals surface area contributed by atoms with Gasteiger partial charge in [0.1, 0.15) is 6.10 Å². The first-order valence-corrected chi connectivity index (χ1v) is 12.8. The van der Waals surface area contributed by atoms with E-state index >= 15 is 0 Å². The summed E-state index contributed by atoms with van der Waals surface area (Å²) in [5.74, 6) is -1.87. The summed E-state index contributed by atoms with van der Waals surface area (Å²) in [7, 11) is -3.85. The molecule has 0 saturated carbocycles. The number of hydrogen-bond donors (Lipinski definition) is 0. The van der Waals surface area contributed by atoms with E-state index in [0.29, 0.717) is 25.2 Å². The van der Waals surface area contributed by atoms with Crippen LogP contribution >= 0.6 is 0 Å². The smallest absolute Gasteiger partial charge is 0.270 e. The average Bonchev–Trinajstić information content (AvgIpc) is 2.89. The lowest BCUT2D eigenvalue weighted by Crippen LogP contribution is -2.49. The molecule has 0 amide bonds. The summed E-state index contributed by atoms with van der Waals surface area (Å²) in [4.78, 5) is 12.3. The Bertz CT molecular complexity index is 1320. The van der Waals surface area contributed by atoms with Crippen molar-refractivity contribution in [1.29, 1.82) is 0 Å². The zero-order chi connectivity index (χ0) is 25.7. The average molecular weight is 518 g/mol. The second kappa shape index (κ2) is 11.2. The van der Waals surface area contributed by atoms with Gasteiger partial charge >= 0.3 is 0 Å². The number of nitrogens with zero attached hydrogens (tertiary/aromatic N) is 3. The minimum atomic E-state index is -3.85. The van der Waals surface area contributed by atoms with E-state index in [0.717, 1.165) is 23.8 Å². The fourth-order valence-corrected chi connectivity index (χ4v) is 5.55. The Kier molecular flexibility index (Phi) is 8.04. The van der Waals surface area contributed by atoms with Crippen LogP contribution in [0.15, 0.2) is 77.7 Å². The van der Waals surface area contributed by atoms with Gasteiger partial charge in [0.2, 0.25) is 10.0 Å². The lowest BCUT2D eigenvalue weighted by atomic mass is 10.0. The number of piperazine rings is 1. The van der Waals surface area contributed by atoms with E-state index in [9.17, 15) is 27.3 Å². The molecule has 0 unspecified atom stereocenters. The maximum absolute atomic E-state index is 13.9. The van der Waals surface area contributed by atoms with Gasteiger partial charge < -0.3 is 4.74 Å². The van der Waals surface area contributed by atoms with Gasteiger partial charge in [0.25, 0.3) is 5.69 Å². The SMILES string of the molecule is O=[N+]([O-])c1cccc(S(=O)(=O)N2CCN(CCO[C@@H](c3ccccc3)c3ccc(F)c(F)c3)CC2)c1. The molecule has 0 bridgehead atoms. The van der Waals surface area contributed by atoms with Crippen LogP contribution in [0.5, 0.6) is 0 Å². The lowest BCUT2D eigenvalue weighted by molar-refractivity contribution is -0.385. The molecular formula is C25H25F2N3O5S. The topological polar surface area (TPSA) is 93.0 Å². The highest BCUT2D eigenvalue weighted by Gasteiger charge is 2.29. The van der Waals surface area contributed by atoms with Gasteiger partial charge in [-0.25, -0.2) is 17.2 Å². The van der Waals surface area contributed by atoms with Gasteiger partial charge in [-0.3, -0.25) is 15.0 Å². The lowest BCUT2D eigenvalue weighted by Gasteiger charge is -2.34. The summed E-state index contributed by atoms with van der Waals surface area (Å²) < 4.78 is 60.6. The van der Waals surface area contributed by atoms with Crippen molar-refractivity contribution in [2.75, 3.05) is 39.3 Å². The molecule has 3 aromatic carbocycles. The molecule has 1 heterocycles. The molecule has 0 aliphatic carbocycles. The zero-order valence-corrected chi connectivity index (χ0v) is 20.1. The number of nitro benzene ring substituents is 1. The van der Waals surface area contributed by atoms with E-state index in [2.05, 4.69) is 0 Å². The Morgan fingerprint density at radius 1 is 0.889 bits per heavy atom. The third kappa shape index (κ3) is 5.93. The normalized spacial score (nSPS) is 16.1. The number of non-ortho nitro benzene ring substituents is 1. The summed E-state index contributed by atoms with van der Waals surface area (Å²) >= 11 is 0. The summed E-state index contributed by atoms with van der Waals surface area (Å²) in [5, 5.41) is 11.0. The Morgan fingerprint density at radius 2 is 1.61 bits per heavy atom. The highest BCUT2D eigenvalue weighted by Crippen LogP contribution is 2.27. The molecule has 3 aromatic rings. The molecule has 4 rings (SSSR count). The van der Waals surface area contributed by atoms with Crippen LogP contribution in [0.25, 0.3) is 0 Å². The molecule has 0 aromatic heterocycles. The molecule has 190 valence electrons. The molecule has 0 spiro atoms. The highest BCUT2D eigenvalue weighted by molar-refractivity contribution is 7.89. The molecular weight excluding hydrogens is 492 g/mol. The van der Waals surface area contributed by atoms with Crippen molar-refractivity contribution in [1.82, 2.24) is 9.21 Å². The quantitative estimate of drug-likeness (QED) is 0.315. The van der Waals surface area contributed by atoms with Gasteiger partial charge in [0, 0.05) is 44.9 Å². The van der Waals surface area contributed by atoms with Crippen molar-refractivity contribution < 1.29 is 26.9 Å². The summed E-state index contributed by atoms with van der Waals surface area (Å²) in [5.41, 5.74) is 1.02. The van der Waals surface area contributed by atoms with Gasteiger partial charge in [0.05, 0.1) is 16.4 Å². The summed E-state index contributed by atoms with van der Waals surface area (Å²) in [6.07, 6.45) is -0.586. The van der Waals surface area contributed by atoms with Crippen LogP contribution in [-0.4, -0.2) is 61.9 Å². The van der Waals surface area contributed by atoms with Crippen LogP contribution in [0.1, 0.15) is 17.2 Å². The van der Waals surface area contributed by atoms with E-state index in [1.807, 2.05) is 35.2 Å². The first-order chi connectivity index (χ1) is 17.3. The van der Waals surface area contributed by atoms with Crippen molar-refractivity contribution in [2.24, 2.45) is 0 Å². The van der Waals surface area contributed by atoms with E-state index in [4.69, 9.17) is 4.74 Å². The molecule has 1 aliphatic heterocycles. The molecule has 1 saturated heterocycles. The number of sulfonamides is 1. The number of nitro groups is 1. The fourth-order valence-electron chi connectivity index (χ4n) is 4.09. The van der Waals surface area contributed by atoms with Crippen molar-refractivity contribution in [3.63, 3.8) is 0 Å². The minimum absolute atomic E-state index is 0.106. The first-order valence-electron chi connectivity index (χ1n) is 11.3. The monoisotopic (exact) mass is 517 g/mol. The molecule has 0 N–H and O–H groups in total. The van der Waals surface area contributed by atoms with Crippen molar-refractivity contribution in [3.05, 3.63) is 106 Å². The third-order valence-corrected chi connectivity index (χ3v) is 7.93. The summed E-state index contributed by atoms with van der Waals surface area (Å²) in [6, 6.07) is 18.0. The maximum atomic E-state index is 13.9. The van der Waals surface area contributed by atoms with E-state index in [1.165, 1.54) is 28.6 Å². The second-order valence-electron chi connectivity index (χ2n) is 8.34. The number of rotatable bonds is 9. The van der Waals surface area contributed by atoms with Crippen molar-refractivity contribution >= 4 is 15.7 Å². The van der Waals surface area contributed by atoms with Crippen LogP contribution in [0, 0.1) is 21.7 Å². The van der Waals surface area contributed by atoms with Crippen LogP contribution in [0.2, 0.25) is 0 Å². The maximum Gasteiger partial charge on any atom is 0.270 e. The zero-order valence-electron chi connectivity index (χ0n) is 19.3. The van der Waals surface area contributed by atoms with Crippen LogP contribution in [0.4, 0.5) is 14.5 Å². The highest BCUT2D eigenvalue weighted by atomic mass is 32.2. The number of halogens is 2. The molecule has 1 atom stereocenters. The van der Waals surface area contributed by atoms with Crippen molar-refractivity contribution in [2.45, 2.75) is 11.0 Å². The Labute approximate surface area is 207 Å². The van der Waals surface area contributed by atoms with Crippen LogP contribution < -0.4 is 0 Å². The second-order valence-corrected chi connectivity index (χ2v) is 10.3. The van der Waals surface area contributed by atoms with Gasteiger partial charge in [-0.1, -0.05) is 42.5 Å². The fraction of sp³-hybridized carbons (Fsp3) is 0.280. The predicted molar refractivity (Wildman–Crippen MR) is 129 cm³/mol. The Morgan fingerprint density at radius 3 is 2.28 bits per heavy atom. The van der Waals surface area contributed by atoms with Gasteiger partial charge in [-0.15, -0.1) is 0 Å². The van der Waals surface area contributed by atoms with E-state index in [-0.39, 0.29) is 30.3 Å². The van der Waals surface area contributed by atoms with Gasteiger partial charge in [-0.05, 0) is 29.3 Å². The number of ether oxygens (including phenoxy) is 1. The van der Waals surface area contributed by atoms with Crippen molar-refractivity contribution in [3.8, 4) is 0 Å². The summed E-state index contributed by atoms with van der Waals surface area (Å²) in [6.45, 7) is 2.18. The number of benzene rings is 3. The molecule has 36 heavy (non-hydrogen) atoms. The molecule has 1 aliphatic rings. The molecule has 1 fully saturated rings. The van der Waals surface area contributed by atoms with Gasteiger partial charge in [0.15, 0.2) is 11.6 Å². The third-order valence-electron chi connectivity index (χ3n) is 6.04. The van der Waals surface area contributed by atoms with E-state index < -0.39 is 32.7 Å². The predicted octanol–water partition coefficient (Wildman–Crippen LogP) is 3.99. The minimum Gasteiger partial charge on any atom is -0.367 e. The molecule has 11 heteroatoms. The standard InChI is InChI=1S/C25H25F2N3O5S/c26-23-10-9-20(17-24(23)27)25(19-5-2-1-3-6-19)35-16-15-28-11-13-29(14-12-28)36(33,34)22-8-4-7-21(18-22)30(31)32/h1-10,17-18,25H,11-16H2/t25-/m0/s1. The molecule has 8 nitrogen and oxygen atoms in total.